The lowest BCUT2D eigenvalue weighted by Crippen LogP contribution is -3.00. The van der Waals surface area contributed by atoms with Gasteiger partial charge in [0.25, 0.3) is 6.33 Å². The highest BCUT2D eigenvalue weighted by Crippen LogP contribution is 1.93. The van der Waals surface area contributed by atoms with Crippen molar-refractivity contribution in [3.63, 3.8) is 0 Å². The van der Waals surface area contributed by atoms with Gasteiger partial charge in [-0.3, -0.25) is 0 Å². The zero-order chi connectivity index (χ0) is 9.14. The zero-order valence-corrected chi connectivity index (χ0v) is 8.65. The molecule has 0 saturated carbocycles. The molecule has 74 valence electrons. The van der Waals surface area contributed by atoms with Crippen LogP contribution in [-0.4, -0.2) is 23.7 Å². The van der Waals surface area contributed by atoms with E-state index in [2.05, 4.69) is 0 Å². The second-order valence-electron chi connectivity index (χ2n) is 2.70. The third-order valence-corrected chi connectivity index (χ3v) is 1.72. The molecule has 1 heterocycles. The van der Waals surface area contributed by atoms with E-state index in [1.807, 2.05) is 7.05 Å². The first-order valence-corrected chi connectivity index (χ1v) is 3.75. The number of carbonyl (C=O) groups excluding carboxylic acids is 1. The fourth-order valence-electron chi connectivity index (χ4n) is 0.891. The number of aryl methyl sites for hydroxylation is 1. The molecule has 5 heteroatoms. The van der Waals surface area contributed by atoms with E-state index >= 15 is 0 Å². The van der Waals surface area contributed by atoms with E-state index in [0.717, 1.165) is 0 Å². The van der Waals surface area contributed by atoms with Crippen molar-refractivity contribution in [2.75, 3.05) is 7.11 Å². The molecule has 0 aliphatic heterocycles. The normalized spacial score (nSPS) is 11.9. The molecule has 0 saturated heterocycles. The van der Waals surface area contributed by atoms with Crippen LogP contribution >= 0.6 is 0 Å². The molecule has 1 aromatic rings. The molecule has 1 atom stereocenters. The highest BCUT2D eigenvalue weighted by molar-refractivity contribution is 5.82. The average Bonchev–Trinajstić information content (AvgIpc) is 2.49. The molecule has 0 spiro atoms. The predicted molar refractivity (Wildman–Crippen MR) is 42.7 cm³/mol. The van der Waals surface area contributed by atoms with Gasteiger partial charge in [0.05, 0.1) is 7.05 Å². The van der Waals surface area contributed by atoms with Crippen LogP contribution in [0, 0.1) is 0 Å². The predicted octanol–water partition coefficient (Wildman–Crippen LogP) is -3.01. The van der Waals surface area contributed by atoms with E-state index in [-0.39, 0.29) is 18.3 Å². The van der Waals surface area contributed by atoms with E-state index < -0.39 is 6.10 Å². The van der Waals surface area contributed by atoms with Crippen molar-refractivity contribution < 1.29 is 26.5 Å². The molecular weight excluding hydrogens is 192 g/mol. The van der Waals surface area contributed by atoms with E-state index in [0.29, 0.717) is 0 Å². The van der Waals surface area contributed by atoms with E-state index in [9.17, 15) is 4.79 Å². The third kappa shape index (κ3) is 2.82. The molecule has 0 amide bonds. The Morgan fingerprint density at radius 3 is 2.62 bits per heavy atom. The number of hydrogen-bond donors (Lipinski definition) is 0. The van der Waals surface area contributed by atoms with Crippen molar-refractivity contribution in [3.05, 3.63) is 18.7 Å². The molecular formula is C8H13ClN2O2. The summed E-state index contributed by atoms with van der Waals surface area (Å²) in [5.74, 6) is -0.0573. The van der Waals surface area contributed by atoms with Gasteiger partial charge in [-0.2, -0.15) is 4.57 Å². The topological polar surface area (TPSA) is 35.1 Å². The highest BCUT2D eigenvalue weighted by Gasteiger charge is 2.18. The highest BCUT2D eigenvalue weighted by atomic mass is 35.5. The van der Waals surface area contributed by atoms with Crippen LogP contribution in [0.5, 0.6) is 0 Å². The maximum absolute atomic E-state index is 11.4. The Morgan fingerprint density at radius 2 is 2.23 bits per heavy atom. The van der Waals surface area contributed by atoms with E-state index in [4.69, 9.17) is 4.74 Å². The SMILES string of the molecule is CO[C@@H](C)C(=O)n1cc[n+](C)c1.[Cl-]. The second kappa shape index (κ2) is 4.99. The molecule has 0 radical (unpaired) electrons. The van der Waals surface area contributed by atoms with Crippen LogP contribution in [0.3, 0.4) is 0 Å². The maximum Gasteiger partial charge on any atom is 0.342 e. The van der Waals surface area contributed by atoms with Crippen LogP contribution < -0.4 is 17.0 Å². The Balaban J connectivity index is 0.00000144. The van der Waals surface area contributed by atoms with Gasteiger partial charge in [0.1, 0.15) is 12.4 Å². The molecule has 0 aliphatic rings. The number of imidazole rings is 1. The smallest absolute Gasteiger partial charge is 0.342 e. The lowest BCUT2D eigenvalue weighted by molar-refractivity contribution is -0.670. The van der Waals surface area contributed by atoms with Crippen molar-refractivity contribution in [2.24, 2.45) is 7.05 Å². The fourth-order valence-corrected chi connectivity index (χ4v) is 0.891. The quantitative estimate of drug-likeness (QED) is 0.481. The van der Waals surface area contributed by atoms with Gasteiger partial charge in [-0.1, -0.05) is 0 Å². The summed E-state index contributed by atoms with van der Waals surface area (Å²) < 4.78 is 8.21. The van der Waals surface area contributed by atoms with Gasteiger partial charge in [0, 0.05) is 7.11 Å². The van der Waals surface area contributed by atoms with Crippen LogP contribution in [0.15, 0.2) is 18.7 Å². The van der Waals surface area contributed by atoms with Gasteiger partial charge in [0.2, 0.25) is 0 Å². The number of halogens is 1. The number of carbonyl (C=O) groups is 1. The summed E-state index contributed by atoms with van der Waals surface area (Å²) in [5, 5.41) is 0. The minimum Gasteiger partial charge on any atom is -1.00 e. The Kier molecular flexibility index (Phi) is 4.66. The molecule has 13 heavy (non-hydrogen) atoms. The second-order valence-corrected chi connectivity index (χ2v) is 2.70. The first-order valence-electron chi connectivity index (χ1n) is 3.75. The molecule has 0 bridgehead atoms. The number of methoxy groups -OCH3 is 1. The Morgan fingerprint density at radius 1 is 1.62 bits per heavy atom. The van der Waals surface area contributed by atoms with Crippen LogP contribution in [0.4, 0.5) is 0 Å². The van der Waals surface area contributed by atoms with Crippen LogP contribution in [0.2, 0.25) is 0 Å². The molecule has 0 aromatic carbocycles. The summed E-state index contributed by atoms with van der Waals surface area (Å²) in [6.07, 6.45) is 4.83. The summed E-state index contributed by atoms with van der Waals surface area (Å²) in [7, 11) is 3.38. The van der Waals surface area contributed by atoms with Crippen LogP contribution in [0.1, 0.15) is 11.7 Å². The monoisotopic (exact) mass is 204 g/mol. The minimum atomic E-state index is -0.391. The average molecular weight is 205 g/mol. The summed E-state index contributed by atoms with van der Waals surface area (Å²) in [4.78, 5) is 11.4. The van der Waals surface area contributed by atoms with Crippen molar-refractivity contribution in [3.8, 4) is 0 Å². The Bertz CT molecular complexity index is 285. The molecule has 0 aliphatic carbocycles. The Labute approximate surface area is 83.5 Å². The van der Waals surface area contributed by atoms with Crippen molar-refractivity contribution in [2.45, 2.75) is 13.0 Å². The summed E-state index contributed by atoms with van der Waals surface area (Å²) in [5.41, 5.74) is 0. The lowest BCUT2D eigenvalue weighted by Gasteiger charge is -2.02. The number of ether oxygens (including phenoxy) is 1. The minimum absolute atomic E-state index is 0. The van der Waals surface area contributed by atoms with Gasteiger partial charge in [-0.25, -0.2) is 9.36 Å². The first kappa shape index (κ1) is 12.1. The lowest BCUT2D eigenvalue weighted by atomic mass is 10.4. The largest absolute Gasteiger partial charge is 1.00 e. The van der Waals surface area contributed by atoms with Gasteiger partial charge >= 0.3 is 5.91 Å². The van der Waals surface area contributed by atoms with Crippen LogP contribution in [0.25, 0.3) is 0 Å². The molecule has 1 rings (SSSR count). The van der Waals surface area contributed by atoms with Gasteiger partial charge in [-0.05, 0) is 6.92 Å². The number of nitrogens with zero attached hydrogens (tertiary/aromatic N) is 2. The molecule has 0 fully saturated rings. The van der Waals surface area contributed by atoms with Gasteiger partial charge in [0.15, 0.2) is 6.10 Å². The molecule has 0 N–H and O–H groups in total. The summed E-state index contributed by atoms with van der Waals surface area (Å²) in [6.45, 7) is 1.72. The van der Waals surface area contributed by atoms with Crippen molar-refractivity contribution in [1.82, 2.24) is 4.57 Å². The summed E-state index contributed by atoms with van der Waals surface area (Å²) >= 11 is 0. The Hall–Kier alpha value is -0.870. The number of rotatable bonds is 2. The van der Waals surface area contributed by atoms with E-state index in [1.165, 1.54) is 11.7 Å². The van der Waals surface area contributed by atoms with Crippen molar-refractivity contribution >= 4 is 5.91 Å². The van der Waals surface area contributed by atoms with Crippen LogP contribution in [-0.2, 0) is 11.8 Å². The van der Waals surface area contributed by atoms with E-state index in [1.54, 1.807) is 30.2 Å². The number of hydrogen-bond acceptors (Lipinski definition) is 2. The third-order valence-electron chi connectivity index (χ3n) is 1.72. The maximum atomic E-state index is 11.4. The number of aromatic nitrogens is 2. The molecule has 4 nitrogen and oxygen atoms in total. The molecule has 0 unspecified atom stereocenters. The fraction of sp³-hybridized carbons (Fsp3) is 0.500. The summed E-state index contributed by atoms with van der Waals surface area (Å²) in [6, 6.07) is 0. The first-order chi connectivity index (χ1) is 5.65. The molecule has 1 aromatic heterocycles. The van der Waals surface area contributed by atoms with Gasteiger partial charge < -0.3 is 17.1 Å². The standard InChI is InChI=1S/C8H13N2O2.ClH/c1-7(12-3)8(11)10-5-4-9(2)6-10;/h4-7H,1-3H3;1H/q+1;/p-1/t7-;/m0./s1. The zero-order valence-electron chi connectivity index (χ0n) is 7.90. The van der Waals surface area contributed by atoms with Gasteiger partial charge in [-0.15, -0.1) is 0 Å². The van der Waals surface area contributed by atoms with Crippen molar-refractivity contribution in [1.29, 1.82) is 0 Å².